The SMILES string of the molecule is C[C@@H](N)C(=O)N1CCN(C(=O)c2ccc(F)cc2F)CC1. The summed E-state index contributed by atoms with van der Waals surface area (Å²) in [5, 5.41) is 0. The summed E-state index contributed by atoms with van der Waals surface area (Å²) in [6.07, 6.45) is 0. The molecule has 7 heteroatoms. The van der Waals surface area contributed by atoms with Crippen LogP contribution < -0.4 is 5.73 Å². The first-order valence-corrected chi connectivity index (χ1v) is 6.69. The molecule has 0 bridgehead atoms. The Kier molecular flexibility index (Phi) is 4.52. The van der Waals surface area contributed by atoms with Crippen LogP contribution in [-0.2, 0) is 4.79 Å². The molecule has 1 atom stereocenters. The summed E-state index contributed by atoms with van der Waals surface area (Å²) in [7, 11) is 0. The third-order valence-corrected chi connectivity index (χ3v) is 3.43. The van der Waals surface area contributed by atoms with Crippen molar-refractivity contribution in [3.05, 3.63) is 35.4 Å². The molecule has 5 nitrogen and oxygen atoms in total. The second-order valence-electron chi connectivity index (χ2n) is 5.03. The average molecular weight is 297 g/mol. The molecule has 1 heterocycles. The van der Waals surface area contributed by atoms with Gasteiger partial charge in [-0.15, -0.1) is 0 Å². The summed E-state index contributed by atoms with van der Waals surface area (Å²) in [5.41, 5.74) is 5.37. The molecule has 1 aliphatic rings. The van der Waals surface area contributed by atoms with Crippen molar-refractivity contribution >= 4 is 11.8 Å². The highest BCUT2D eigenvalue weighted by Gasteiger charge is 2.27. The van der Waals surface area contributed by atoms with Gasteiger partial charge in [-0.3, -0.25) is 9.59 Å². The average Bonchev–Trinajstić information content (AvgIpc) is 2.46. The number of hydrogen-bond acceptors (Lipinski definition) is 3. The number of hydrogen-bond donors (Lipinski definition) is 1. The van der Waals surface area contributed by atoms with Crippen molar-refractivity contribution in [3.8, 4) is 0 Å². The van der Waals surface area contributed by atoms with Crippen LogP contribution in [0, 0.1) is 11.6 Å². The van der Waals surface area contributed by atoms with Gasteiger partial charge in [0.2, 0.25) is 5.91 Å². The molecule has 0 unspecified atom stereocenters. The van der Waals surface area contributed by atoms with Crippen molar-refractivity contribution < 1.29 is 18.4 Å². The second kappa shape index (κ2) is 6.17. The quantitative estimate of drug-likeness (QED) is 0.869. The van der Waals surface area contributed by atoms with E-state index in [1.807, 2.05) is 0 Å². The minimum absolute atomic E-state index is 0.164. The van der Waals surface area contributed by atoms with E-state index in [2.05, 4.69) is 0 Å². The third kappa shape index (κ3) is 3.36. The first-order chi connectivity index (χ1) is 9.90. The Bertz CT molecular complexity index is 555. The normalized spacial score (nSPS) is 16.8. The zero-order valence-electron chi connectivity index (χ0n) is 11.7. The molecule has 0 spiro atoms. The summed E-state index contributed by atoms with van der Waals surface area (Å²) in [4.78, 5) is 26.9. The zero-order chi connectivity index (χ0) is 15.6. The van der Waals surface area contributed by atoms with Crippen molar-refractivity contribution in [2.75, 3.05) is 26.2 Å². The summed E-state index contributed by atoms with van der Waals surface area (Å²) < 4.78 is 26.4. The van der Waals surface area contributed by atoms with Gasteiger partial charge in [0.1, 0.15) is 11.6 Å². The third-order valence-electron chi connectivity index (χ3n) is 3.43. The highest BCUT2D eigenvalue weighted by Crippen LogP contribution is 2.14. The molecule has 1 aromatic rings. The lowest BCUT2D eigenvalue weighted by Gasteiger charge is -2.35. The Morgan fingerprint density at radius 3 is 2.24 bits per heavy atom. The lowest BCUT2D eigenvalue weighted by molar-refractivity contribution is -0.133. The number of rotatable bonds is 2. The van der Waals surface area contributed by atoms with Crippen LogP contribution in [0.4, 0.5) is 8.78 Å². The predicted octanol–water partition coefficient (Wildman–Crippen LogP) is 0.596. The lowest BCUT2D eigenvalue weighted by atomic mass is 10.1. The van der Waals surface area contributed by atoms with Crippen molar-refractivity contribution in [2.45, 2.75) is 13.0 Å². The fourth-order valence-electron chi connectivity index (χ4n) is 2.25. The highest BCUT2D eigenvalue weighted by atomic mass is 19.1. The number of carbonyl (C=O) groups excluding carboxylic acids is 2. The van der Waals surface area contributed by atoms with Crippen LogP contribution >= 0.6 is 0 Å². The molecule has 0 aromatic heterocycles. The van der Waals surface area contributed by atoms with E-state index in [0.717, 1.165) is 12.1 Å². The molecule has 0 aliphatic carbocycles. The Hall–Kier alpha value is -2.02. The second-order valence-corrected chi connectivity index (χ2v) is 5.03. The molecule has 2 N–H and O–H groups in total. The number of amides is 2. The fraction of sp³-hybridized carbons (Fsp3) is 0.429. The first-order valence-electron chi connectivity index (χ1n) is 6.69. The topological polar surface area (TPSA) is 66.6 Å². The number of piperazine rings is 1. The molecule has 1 aromatic carbocycles. The van der Waals surface area contributed by atoms with Crippen LogP contribution in [0.3, 0.4) is 0 Å². The van der Waals surface area contributed by atoms with Gasteiger partial charge >= 0.3 is 0 Å². The maximum Gasteiger partial charge on any atom is 0.256 e. The van der Waals surface area contributed by atoms with Crippen molar-refractivity contribution in [3.63, 3.8) is 0 Å². The summed E-state index contributed by atoms with van der Waals surface area (Å²) in [6.45, 7) is 2.92. The van der Waals surface area contributed by atoms with Crippen LogP contribution in [0.2, 0.25) is 0 Å². The van der Waals surface area contributed by atoms with Gasteiger partial charge in [0, 0.05) is 32.2 Å². The van der Waals surface area contributed by atoms with Crippen molar-refractivity contribution in [1.82, 2.24) is 9.80 Å². The van der Waals surface area contributed by atoms with Gasteiger partial charge in [-0.2, -0.15) is 0 Å². The Labute approximate surface area is 121 Å². The van der Waals surface area contributed by atoms with Gasteiger partial charge in [0.05, 0.1) is 11.6 Å². The number of benzene rings is 1. The molecular weight excluding hydrogens is 280 g/mol. The lowest BCUT2D eigenvalue weighted by Crippen LogP contribution is -2.53. The van der Waals surface area contributed by atoms with Gasteiger partial charge in [0.25, 0.3) is 5.91 Å². The number of nitrogens with two attached hydrogens (primary N) is 1. The van der Waals surface area contributed by atoms with E-state index in [1.165, 1.54) is 4.90 Å². The molecule has 2 rings (SSSR count). The summed E-state index contributed by atoms with van der Waals surface area (Å²) in [5.74, 6) is -2.28. The molecule has 1 fully saturated rings. The van der Waals surface area contributed by atoms with Crippen molar-refractivity contribution in [2.24, 2.45) is 5.73 Å². The molecule has 2 amide bonds. The minimum atomic E-state index is -0.880. The van der Waals surface area contributed by atoms with E-state index in [1.54, 1.807) is 11.8 Å². The summed E-state index contributed by atoms with van der Waals surface area (Å²) >= 11 is 0. The van der Waals surface area contributed by atoms with Gasteiger partial charge in [-0.1, -0.05) is 0 Å². The minimum Gasteiger partial charge on any atom is -0.338 e. The Balaban J connectivity index is 2.02. The smallest absolute Gasteiger partial charge is 0.256 e. The monoisotopic (exact) mass is 297 g/mol. The maximum atomic E-state index is 13.6. The molecule has 21 heavy (non-hydrogen) atoms. The highest BCUT2D eigenvalue weighted by molar-refractivity contribution is 5.94. The van der Waals surface area contributed by atoms with E-state index in [-0.39, 0.29) is 11.5 Å². The van der Waals surface area contributed by atoms with Crippen LogP contribution in [0.1, 0.15) is 17.3 Å². The van der Waals surface area contributed by atoms with Crippen LogP contribution in [-0.4, -0.2) is 53.8 Å². The Morgan fingerprint density at radius 2 is 1.71 bits per heavy atom. The number of halogens is 2. The van der Waals surface area contributed by atoms with E-state index in [9.17, 15) is 18.4 Å². The van der Waals surface area contributed by atoms with Crippen molar-refractivity contribution in [1.29, 1.82) is 0 Å². The fourth-order valence-corrected chi connectivity index (χ4v) is 2.25. The van der Waals surface area contributed by atoms with Crippen LogP contribution in [0.15, 0.2) is 18.2 Å². The maximum absolute atomic E-state index is 13.6. The predicted molar refractivity (Wildman–Crippen MR) is 72.5 cm³/mol. The van der Waals surface area contributed by atoms with Gasteiger partial charge in [-0.25, -0.2) is 8.78 Å². The zero-order valence-corrected chi connectivity index (χ0v) is 11.7. The molecule has 1 aliphatic heterocycles. The van der Waals surface area contributed by atoms with Gasteiger partial charge < -0.3 is 15.5 Å². The van der Waals surface area contributed by atoms with Crippen LogP contribution in [0.25, 0.3) is 0 Å². The van der Waals surface area contributed by atoms with E-state index >= 15 is 0 Å². The van der Waals surface area contributed by atoms with E-state index in [4.69, 9.17) is 5.73 Å². The number of nitrogens with zero attached hydrogens (tertiary/aromatic N) is 2. The first kappa shape index (κ1) is 15.4. The Morgan fingerprint density at radius 1 is 1.14 bits per heavy atom. The molecule has 114 valence electrons. The molecule has 0 saturated carbocycles. The van der Waals surface area contributed by atoms with Gasteiger partial charge in [0.15, 0.2) is 0 Å². The van der Waals surface area contributed by atoms with Crippen LogP contribution in [0.5, 0.6) is 0 Å². The molecule has 1 saturated heterocycles. The van der Waals surface area contributed by atoms with Gasteiger partial charge in [-0.05, 0) is 19.1 Å². The molecule has 0 radical (unpaired) electrons. The van der Waals surface area contributed by atoms with E-state index < -0.39 is 23.6 Å². The van der Waals surface area contributed by atoms with E-state index in [0.29, 0.717) is 32.2 Å². The standard InChI is InChI=1S/C14H17F2N3O2/c1-9(17)13(20)18-4-6-19(7-5-18)14(21)11-3-2-10(15)8-12(11)16/h2-3,8-9H,4-7,17H2,1H3/t9-/m1/s1. The summed E-state index contributed by atoms with van der Waals surface area (Å²) in [6, 6.07) is 2.28. The molecular formula is C14H17F2N3O2. The largest absolute Gasteiger partial charge is 0.338 e. The number of carbonyl (C=O) groups is 2.